The molecule has 1 fully saturated rings. The van der Waals surface area contributed by atoms with E-state index in [2.05, 4.69) is 22.0 Å². The van der Waals surface area contributed by atoms with E-state index in [4.69, 9.17) is 0 Å². The van der Waals surface area contributed by atoms with E-state index in [1.54, 1.807) is 4.52 Å². The number of rotatable bonds is 6. The van der Waals surface area contributed by atoms with Crippen molar-refractivity contribution in [2.45, 2.75) is 52.5 Å². The third kappa shape index (κ3) is 4.64. The minimum Gasteiger partial charge on any atom is -0.339 e. The Balaban J connectivity index is 1.42. The lowest BCUT2D eigenvalue weighted by atomic mass is 10.0. The lowest BCUT2D eigenvalue weighted by Gasteiger charge is -2.38. The Morgan fingerprint density at radius 2 is 1.81 bits per heavy atom. The van der Waals surface area contributed by atoms with Crippen LogP contribution in [0.1, 0.15) is 53.8 Å². The molecule has 0 saturated carbocycles. The highest BCUT2D eigenvalue weighted by Crippen LogP contribution is 2.20. The highest BCUT2D eigenvalue weighted by atomic mass is 16.2. The van der Waals surface area contributed by atoms with Crippen LogP contribution < -0.4 is 0 Å². The molecule has 3 aromatic rings. The summed E-state index contributed by atoms with van der Waals surface area (Å²) in [5.41, 5.74) is 2.54. The molecule has 168 valence electrons. The number of likely N-dealkylation sites (tertiary alicyclic amines) is 1. The average molecular weight is 435 g/mol. The molecule has 1 aliphatic rings. The van der Waals surface area contributed by atoms with E-state index in [0.29, 0.717) is 36.8 Å². The van der Waals surface area contributed by atoms with Gasteiger partial charge in [-0.15, -0.1) is 5.10 Å². The Kier molecular flexibility index (Phi) is 6.48. The maximum absolute atomic E-state index is 13.2. The number of benzene rings is 1. The molecule has 8 heteroatoms. The third-order valence-electron chi connectivity index (χ3n) is 5.97. The van der Waals surface area contributed by atoms with Gasteiger partial charge in [0.2, 0.25) is 5.91 Å². The molecule has 2 aromatic heterocycles. The summed E-state index contributed by atoms with van der Waals surface area (Å²) in [7, 11) is 0. The second-order valence-electron chi connectivity index (χ2n) is 8.43. The molecule has 32 heavy (non-hydrogen) atoms. The highest BCUT2D eigenvalue weighted by Gasteiger charge is 2.30. The number of aromatic nitrogens is 4. The van der Waals surface area contributed by atoms with Crippen LogP contribution in [-0.4, -0.2) is 66.9 Å². The maximum Gasteiger partial charge on any atom is 0.253 e. The van der Waals surface area contributed by atoms with Gasteiger partial charge in [0.15, 0.2) is 5.82 Å². The van der Waals surface area contributed by atoms with Crippen LogP contribution in [0.3, 0.4) is 0 Å². The zero-order valence-corrected chi connectivity index (χ0v) is 19.0. The Morgan fingerprint density at radius 3 is 2.50 bits per heavy atom. The first kappa shape index (κ1) is 21.9. The van der Waals surface area contributed by atoms with Gasteiger partial charge in [-0.1, -0.05) is 25.1 Å². The summed E-state index contributed by atoms with van der Waals surface area (Å²) in [5.74, 6) is 1.11. The van der Waals surface area contributed by atoms with Crippen LogP contribution in [-0.2, 0) is 11.2 Å². The summed E-state index contributed by atoms with van der Waals surface area (Å²) in [5, 5.41) is 4.49. The number of fused-ring (bicyclic) bond motifs is 1. The minimum absolute atomic E-state index is 0.0324. The molecular formula is C24H30N6O2. The van der Waals surface area contributed by atoms with Gasteiger partial charge in [-0.25, -0.2) is 9.50 Å². The Morgan fingerprint density at radius 1 is 1.09 bits per heavy atom. The molecule has 0 bridgehead atoms. The molecule has 0 radical (unpaired) electrons. The molecule has 0 N–H and O–H groups in total. The van der Waals surface area contributed by atoms with E-state index in [9.17, 15) is 9.59 Å². The van der Waals surface area contributed by atoms with Crippen LogP contribution in [0, 0.1) is 13.8 Å². The number of carbonyl (C=O) groups excluding carboxylic acids is 2. The lowest BCUT2D eigenvalue weighted by molar-refractivity contribution is -0.133. The van der Waals surface area contributed by atoms with Crippen LogP contribution in [0.25, 0.3) is 5.78 Å². The SMILES string of the molecule is CCCN(C(=O)Cc1nc2nc(C)cc(C)n2n1)C1CCN(C(=O)c2ccccc2)CC1. The van der Waals surface area contributed by atoms with Crippen molar-refractivity contribution in [3.8, 4) is 0 Å². The Hall–Kier alpha value is -3.29. The van der Waals surface area contributed by atoms with Crippen LogP contribution in [0.5, 0.6) is 0 Å². The second-order valence-corrected chi connectivity index (χ2v) is 8.43. The van der Waals surface area contributed by atoms with Gasteiger partial charge < -0.3 is 9.80 Å². The summed E-state index contributed by atoms with van der Waals surface area (Å²) >= 11 is 0. The topological polar surface area (TPSA) is 83.7 Å². The van der Waals surface area contributed by atoms with Crippen LogP contribution >= 0.6 is 0 Å². The Labute approximate surface area is 188 Å². The van der Waals surface area contributed by atoms with E-state index in [1.807, 2.05) is 60.0 Å². The molecule has 1 aliphatic heterocycles. The van der Waals surface area contributed by atoms with Gasteiger partial charge in [-0.05, 0) is 51.3 Å². The van der Waals surface area contributed by atoms with Crippen LogP contribution in [0.15, 0.2) is 36.4 Å². The number of hydrogen-bond donors (Lipinski definition) is 0. The molecule has 8 nitrogen and oxygen atoms in total. The number of nitrogens with zero attached hydrogens (tertiary/aromatic N) is 6. The number of carbonyl (C=O) groups is 2. The van der Waals surface area contributed by atoms with Crippen molar-refractivity contribution in [2.24, 2.45) is 0 Å². The smallest absolute Gasteiger partial charge is 0.253 e. The first-order chi connectivity index (χ1) is 15.5. The summed E-state index contributed by atoms with van der Waals surface area (Å²) < 4.78 is 1.69. The van der Waals surface area contributed by atoms with Gasteiger partial charge in [0.05, 0.1) is 6.42 Å². The number of hydrogen-bond acceptors (Lipinski definition) is 5. The molecular weight excluding hydrogens is 404 g/mol. The minimum atomic E-state index is 0.0324. The molecule has 0 atom stereocenters. The normalized spacial score (nSPS) is 14.7. The van der Waals surface area contributed by atoms with Gasteiger partial charge in [0.1, 0.15) is 0 Å². The fourth-order valence-corrected chi connectivity index (χ4v) is 4.42. The number of piperidine rings is 1. The van der Waals surface area contributed by atoms with E-state index >= 15 is 0 Å². The zero-order valence-electron chi connectivity index (χ0n) is 19.0. The third-order valence-corrected chi connectivity index (χ3v) is 5.97. The molecule has 3 heterocycles. The van der Waals surface area contributed by atoms with Gasteiger partial charge in [0, 0.05) is 42.6 Å². The fourth-order valence-electron chi connectivity index (χ4n) is 4.42. The van der Waals surface area contributed by atoms with Gasteiger partial charge >= 0.3 is 0 Å². The van der Waals surface area contributed by atoms with Crippen LogP contribution in [0.4, 0.5) is 0 Å². The van der Waals surface area contributed by atoms with Crippen molar-refractivity contribution in [1.82, 2.24) is 29.4 Å². The van der Waals surface area contributed by atoms with Crippen molar-refractivity contribution in [1.29, 1.82) is 0 Å². The standard InChI is InChI=1S/C24H30N6O2/c1-4-12-29(20-10-13-28(14-11-20)23(32)19-8-6-5-7-9-19)22(31)16-21-26-24-25-17(2)15-18(3)30(24)27-21/h5-9,15,20H,4,10-14,16H2,1-3H3. The Bertz CT molecular complexity index is 1100. The highest BCUT2D eigenvalue weighted by molar-refractivity contribution is 5.94. The quantitative estimate of drug-likeness (QED) is 0.596. The van der Waals surface area contributed by atoms with Crippen molar-refractivity contribution >= 4 is 17.6 Å². The van der Waals surface area contributed by atoms with Gasteiger partial charge in [0.25, 0.3) is 11.7 Å². The summed E-state index contributed by atoms with van der Waals surface area (Å²) in [6, 6.07) is 11.4. The fraction of sp³-hybridized carbons (Fsp3) is 0.458. The monoisotopic (exact) mass is 434 g/mol. The van der Waals surface area contributed by atoms with E-state index in [1.165, 1.54) is 0 Å². The van der Waals surface area contributed by atoms with Crippen molar-refractivity contribution < 1.29 is 9.59 Å². The largest absolute Gasteiger partial charge is 0.339 e. The maximum atomic E-state index is 13.2. The molecule has 1 saturated heterocycles. The van der Waals surface area contributed by atoms with Crippen molar-refractivity contribution in [2.75, 3.05) is 19.6 Å². The summed E-state index contributed by atoms with van der Waals surface area (Å²) in [6.07, 6.45) is 2.60. The average Bonchev–Trinajstić information content (AvgIpc) is 3.20. The zero-order chi connectivity index (χ0) is 22.7. The lowest BCUT2D eigenvalue weighted by Crippen LogP contribution is -2.49. The molecule has 0 aliphatic carbocycles. The number of aryl methyl sites for hydroxylation is 2. The van der Waals surface area contributed by atoms with E-state index < -0.39 is 0 Å². The first-order valence-corrected chi connectivity index (χ1v) is 11.3. The molecule has 4 rings (SSSR count). The van der Waals surface area contributed by atoms with Crippen molar-refractivity contribution in [3.05, 3.63) is 59.2 Å². The van der Waals surface area contributed by atoms with Crippen LogP contribution in [0.2, 0.25) is 0 Å². The predicted molar refractivity (Wildman–Crippen MR) is 121 cm³/mol. The molecule has 1 aromatic carbocycles. The summed E-state index contributed by atoms with van der Waals surface area (Å²) in [4.78, 5) is 38.7. The molecule has 2 amide bonds. The molecule has 0 unspecified atom stereocenters. The van der Waals surface area contributed by atoms with E-state index in [0.717, 1.165) is 30.7 Å². The van der Waals surface area contributed by atoms with Gasteiger partial charge in [-0.2, -0.15) is 4.98 Å². The second kappa shape index (κ2) is 9.46. The molecule has 0 spiro atoms. The van der Waals surface area contributed by atoms with Crippen molar-refractivity contribution in [3.63, 3.8) is 0 Å². The van der Waals surface area contributed by atoms with Gasteiger partial charge in [-0.3, -0.25) is 9.59 Å². The summed E-state index contributed by atoms with van der Waals surface area (Å²) in [6.45, 7) is 7.95. The van der Waals surface area contributed by atoms with E-state index in [-0.39, 0.29) is 24.3 Å². The number of amides is 2. The first-order valence-electron chi connectivity index (χ1n) is 11.3. The predicted octanol–water partition coefficient (Wildman–Crippen LogP) is 2.83.